The van der Waals surface area contributed by atoms with E-state index in [1.807, 2.05) is 50.2 Å². The maximum atomic E-state index is 12.7. The molecule has 0 radical (unpaired) electrons. The lowest BCUT2D eigenvalue weighted by atomic mass is 10.1. The minimum absolute atomic E-state index is 0.208. The van der Waals surface area contributed by atoms with E-state index in [1.54, 1.807) is 26.8 Å². The summed E-state index contributed by atoms with van der Waals surface area (Å²) in [5, 5.41) is 4.24. The maximum Gasteiger partial charge on any atom is 0.350 e. The van der Waals surface area contributed by atoms with Gasteiger partial charge in [0.1, 0.15) is 12.1 Å². The number of ether oxygens (including phenoxy) is 2. The van der Waals surface area contributed by atoms with Crippen LogP contribution in [0.3, 0.4) is 0 Å². The summed E-state index contributed by atoms with van der Waals surface area (Å²) in [6.45, 7) is 9.64. The summed E-state index contributed by atoms with van der Waals surface area (Å²) in [6, 6.07) is 13.3. The molecule has 30 heavy (non-hydrogen) atoms. The molecule has 0 spiro atoms. The molecule has 1 heterocycles. The smallest absolute Gasteiger partial charge is 0.350 e. The summed E-state index contributed by atoms with van der Waals surface area (Å²) in [6.07, 6.45) is 1.53. The Hall–Kier alpha value is -3.35. The van der Waals surface area contributed by atoms with Crippen LogP contribution in [0.5, 0.6) is 5.75 Å². The fourth-order valence-corrected chi connectivity index (χ4v) is 3.05. The average molecular weight is 409 g/mol. The number of esters is 1. The Morgan fingerprint density at radius 2 is 1.80 bits per heavy atom. The number of benzene rings is 2. The van der Waals surface area contributed by atoms with Crippen LogP contribution in [0.25, 0.3) is 5.69 Å². The fraction of sp³-hybridized carbons (Fsp3) is 0.348. The lowest BCUT2D eigenvalue weighted by Gasteiger charge is -2.25. The highest BCUT2D eigenvalue weighted by atomic mass is 16.6. The second kappa shape index (κ2) is 8.57. The lowest BCUT2D eigenvalue weighted by Crippen LogP contribution is -2.39. The molecule has 0 unspecified atom stereocenters. The predicted molar refractivity (Wildman–Crippen MR) is 114 cm³/mol. The SMILES string of the molecule is CCOC(=O)C(C)(C)Oc1ccc(Cn2ncn(-c3ccc(C)cc3)c2=O)cc1C. The van der Waals surface area contributed by atoms with Gasteiger partial charge in [-0.25, -0.2) is 18.8 Å². The van der Waals surface area contributed by atoms with Crippen molar-refractivity contribution in [1.29, 1.82) is 0 Å². The summed E-state index contributed by atoms with van der Waals surface area (Å²) >= 11 is 0. The monoisotopic (exact) mass is 409 g/mol. The quantitative estimate of drug-likeness (QED) is 0.559. The molecule has 3 aromatic rings. The minimum Gasteiger partial charge on any atom is -0.476 e. The second-order valence-electron chi connectivity index (χ2n) is 7.71. The molecule has 0 bridgehead atoms. The molecule has 0 atom stereocenters. The predicted octanol–water partition coefficient (Wildman–Crippen LogP) is 3.42. The third-order valence-electron chi connectivity index (χ3n) is 4.75. The first-order valence-electron chi connectivity index (χ1n) is 9.88. The Bertz CT molecular complexity index is 1090. The van der Waals surface area contributed by atoms with Gasteiger partial charge in [-0.3, -0.25) is 0 Å². The van der Waals surface area contributed by atoms with Crippen LogP contribution < -0.4 is 10.4 Å². The van der Waals surface area contributed by atoms with Gasteiger partial charge in [0.05, 0.1) is 18.8 Å². The summed E-state index contributed by atoms with van der Waals surface area (Å²) < 4.78 is 13.9. The van der Waals surface area contributed by atoms with E-state index in [9.17, 15) is 9.59 Å². The molecule has 0 aliphatic heterocycles. The molecule has 2 aromatic carbocycles. The molecule has 0 saturated carbocycles. The Labute approximate surface area is 175 Å². The van der Waals surface area contributed by atoms with Crippen molar-refractivity contribution >= 4 is 5.97 Å². The largest absolute Gasteiger partial charge is 0.476 e. The van der Waals surface area contributed by atoms with E-state index >= 15 is 0 Å². The number of nitrogens with zero attached hydrogens (tertiary/aromatic N) is 3. The van der Waals surface area contributed by atoms with Gasteiger partial charge in [-0.2, -0.15) is 5.10 Å². The van der Waals surface area contributed by atoms with Crippen LogP contribution in [0.2, 0.25) is 0 Å². The second-order valence-corrected chi connectivity index (χ2v) is 7.71. The molecule has 7 nitrogen and oxygen atoms in total. The molecule has 3 rings (SSSR count). The lowest BCUT2D eigenvalue weighted by molar-refractivity contribution is -0.158. The van der Waals surface area contributed by atoms with Crippen molar-refractivity contribution in [3.05, 3.63) is 76.0 Å². The van der Waals surface area contributed by atoms with Crippen LogP contribution in [0.1, 0.15) is 37.5 Å². The first-order chi connectivity index (χ1) is 14.2. The number of carbonyl (C=O) groups is 1. The first kappa shape index (κ1) is 21.4. The van der Waals surface area contributed by atoms with Crippen molar-refractivity contribution in [2.24, 2.45) is 0 Å². The molecule has 0 N–H and O–H groups in total. The molecule has 7 heteroatoms. The third kappa shape index (κ3) is 4.62. The van der Waals surface area contributed by atoms with E-state index < -0.39 is 11.6 Å². The van der Waals surface area contributed by atoms with Gasteiger partial charge < -0.3 is 9.47 Å². The van der Waals surface area contributed by atoms with E-state index in [4.69, 9.17) is 9.47 Å². The summed E-state index contributed by atoms with van der Waals surface area (Å²) in [7, 11) is 0. The van der Waals surface area contributed by atoms with Gasteiger partial charge in [0.2, 0.25) is 0 Å². The number of hydrogen-bond acceptors (Lipinski definition) is 5. The first-order valence-corrected chi connectivity index (χ1v) is 9.88. The van der Waals surface area contributed by atoms with Crippen molar-refractivity contribution in [3.63, 3.8) is 0 Å². The van der Waals surface area contributed by atoms with Crippen molar-refractivity contribution in [2.45, 2.75) is 46.8 Å². The van der Waals surface area contributed by atoms with E-state index in [2.05, 4.69) is 5.10 Å². The van der Waals surface area contributed by atoms with Crippen LogP contribution in [-0.4, -0.2) is 32.5 Å². The minimum atomic E-state index is -1.09. The molecule has 158 valence electrons. The highest BCUT2D eigenvalue weighted by molar-refractivity contribution is 5.79. The molecule has 0 amide bonds. The van der Waals surface area contributed by atoms with E-state index in [-0.39, 0.29) is 5.69 Å². The topological polar surface area (TPSA) is 75.3 Å². The van der Waals surface area contributed by atoms with Gasteiger partial charge in [-0.1, -0.05) is 29.8 Å². The molecule has 0 fully saturated rings. The zero-order chi connectivity index (χ0) is 21.9. The van der Waals surface area contributed by atoms with Gasteiger partial charge in [0, 0.05) is 0 Å². The highest BCUT2D eigenvalue weighted by Gasteiger charge is 2.32. The number of aryl methyl sites for hydroxylation is 2. The van der Waals surface area contributed by atoms with Crippen LogP contribution >= 0.6 is 0 Å². The summed E-state index contributed by atoms with van der Waals surface area (Å²) in [4.78, 5) is 24.8. The van der Waals surface area contributed by atoms with E-state index in [0.717, 1.165) is 22.4 Å². The van der Waals surface area contributed by atoms with Gasteiger partial charge in [0.15, 0.2) is 5.60 Å². The van der Waals surface area contributed by atoms with Crippen LogP contribution in [0.15, 0.2) is 53.6 Å². The van der Waals surface area contributed by atoms with Crippen LogP contribution in [-0.2, 0) is 16.1 Å². The van der Waals surface area contributed by atoms with Gasteiger partial charge >= 0.3 is 11.7 Å². The Balaban J connectivity index is 1.77. The zero-order valence-corrected chi connectivity index (χ0v) is 18.0. The molecular formula is C23H27N3O4. The molecule has 1 aromatic heterocycles. The number of carbonyl (C=O) groups excluding carboxylic acids is 1. The van der Waals surface area contributed by atoms with Gasteiger partial charge in [-0.15, -0.1) is 0 Å². The maximum absolute atomic E-state index is 12.7. The average Bonchev–Trinajstić information content (AvgIpc) is 3.05. The van der Waals surface area contributed by atoms with Crippen molar-refractivity contribution < 1.29 is 14.3 Å². The summed E-state index contributed by atoms with van der Waals surface area (Å²) in [5.41, 5.74) is 2.37. The zero-order valence-electron chi connectivity index (χ0n) is 18.0. The van der Waals surface area contributed by atoms with E-state index in [1.165, 1.54) is 15.6 Å². The standard InChI is InChI=1S/C23H27N3O4/c1-6-29-21(27)23(4,5)30-20-12-9-18(13-17(20)3)14-26-22(28)25(15-24-26)19-10-7-16(2)8-11-19/h7-13,15H,6,14H2,1-5H3. The van der Waals surface area contributed by atoms with Crippen LogP contribution in [0.4, 0.5) is 0 Å². The number of aromatic nitrogens is 3. The van der Waals surface area contributed by atoms with E-state index in [0.29, 0.717) is 18.9 Å². The number of hydrogen-bond donors (Lipinski definition) is 0. The van der Waals surface area contributed by atoms with Crippen molar-refractivity contribution in [2.75, 3.05) is 6.61 Å². The highest BCUT2D eigenvalue weighted by Crippen LogP contribution is 2.25. The van der Waals surface area contributed by atoms with Crippen LogP contribution in [0, 0.1) is 13.8 Å². The van der Waals surface area contributed by atoms with Crippen molar-refractivity contribution in [1.82, 2.24) is 14.3 Å². The number of rotatable bonds is 7. The van der Waals surface area contributed by atoms with Gasteiger partial charge in [0.25, 0.3) is 0 Å². The van der Waals surface area contributed by atoms with Crippen molar-refractivity contribution in [3.8, 4) is 11.4 Å². The molecule has 0 aliphatic carbocycles. The van der Waals surface area contributed by atoms with Gasteiger partial charge in [-0.05, 0) is 63.9 Å². The Morgan fingerprint density at radius 3 is 2.43 bits per heavy atom. The third-order valence-corrected chi connectivity index (χ3v) is 4.75. The Morgan fingerprint density at radius 1 is 1.10 bits per heavy atom. The molecule has 0 saturated heterocycles. The summed E-state index contributed by atoms with van der Waals surface area (Å²) in [5.74, 6) is 0.177. The Kier molecular flexibility index (Phi) is 6.10. The normalized spacial score (nSPS) is 11.4. The fourth-order valence-electron chi connectivity index (χ4n) is 3.05. The molecular weight excluding hydrogens is 382 g/mol. The molecule has 0 aliphatic rings.